The number of para-hydroxylation sites is 1. The molecule has 0 radical (unpaired) electrons. The van der Waals surface area contributed by atoms with Crippen LogP contribution < -0.4 is 14.8 Å². The summed E-state index contributed by atoms with van der Waals surface area (Å²) in [7, 11) is 0. The quantitative estimate of drug-likeness (QED) is 0.843. The fourth-order valence-electron chi connectivity index (χ4n) is 2.12. The van der Waals surface area contributed by atoms with Gasteiger partial charge >= 0.3 is 0 Å². The van der Waals surface area contributed by atoms with Crippen molar-refractivity contribution in [3.63, 3.8) is 0 Å². The summed E-state index contributed by atoms with van der Waals surface area (Å²) in [6.45, 7) is 6.66. The molecule has 1 aliphatic rings. The lowest BCUT2D eigenvalue weighted by atomic mass is 10.2. The zero-order valence-corrected chi connectivity index (χ0v) is 11.4. The number of hydrogen-bond donors (Lipinski definition) is 1. The van der Waals surface area contributed by atoms with Crippen LogP contribution in [-0.4, -0.2) is 37.2 Å². The van der Waals surface area contributed by atoms with Crippen LogP contribution in [-0.2, 0) is 11.3 Å². The van der Waals surface area contributed by atoms with E-state index in [2.05, 4.69) is 5.32 Å². The summed E-state index contributed by atoms with van der Waals surface area (Å²) in [6.07, 6.45) is 0. The Labute approximate surface area is 113 Å². The summed E-state index contributed by atoms with van der Waals surface area (Å²) in [4.78, 5) is 13.6. The van der Waals surface area contributed by atoms with Crippen molar-refractivity contribution in [2.24, 2.45) is 0 Å². The smallest absolute Gasteiger partial charge is 0.236 e. The zero-order valence-electron chi connectivity index (χ0n) is 11.4. The maximum atomic E-state index is 11.8. The second kappa shape index (κ2) is 6.43. The average molecular weight is 264 g/mol. The normalized spacial score (nSPS) is 12.5. The number of likely N-dealkylation sites (N-methyl/N-ethyl adjacent to an activating group) is 1. The topological polar surface area (TPSA) is 50.8 Å². The van der Waals surface area contributed by atoms with E-state index in [4.69, 9.17) is 9.47 Å². The summed E-state index contributed by atoms with van der Waals surface area (Å²) in [6, 6.07) is 5.78. The fraction of sp³-hybridized carbons (Fsp3) is 0.500. The number of nitrogens with one attached hydrogen (secondary N) is 1. The minimum Gasteiger partial charge on any atom is -0.454 e. The molecule has 0 saturated heterocycles. The largest absolute Gasteiger partial charge is 0.454 e. The van der Waals surface area contributed by atoms with Crippen LogP contribution in [0.15, 0.2) is 18.2 Å². The molecule has 104 valence electrons. The predicted octanol–water partition coefficient (Wildman–Crippen LogP) is 1.37. The third-order valence-corrected chi connectivity index (χ3v) is 3.19. The number of rotatable bonds is 6. The van der Waals surface area contributed by atoms with Gasteiger partial charge in [-0.05, 0) is 19.9 Å². The summed E-state index contributed by atoms with van der Waals surface area (Å²) < 4.78 is 10.7. The lowest BCUT2D eigenvalue weighted by Gasteiger charge is -2.18. The predicted molar refractivity (Wildman–Crippen MR) is 72.2 cm³/mol. The molecule has 5 heteroatoms. The zero-order chi connectivity index (χ0) is 13.7. The van der Waals surface area contributed by atoms with Crippen LogP contribution in [0.1, 0.15) is 19.4 Å². The Bertz CT molecular complexity index is 444. The third kappa shape index (κ3) is 3.17. The van der Waals surface area contributed by atoms with E-state index in [1.807, 2.05) is 36.9 Å². The van der Waals surface area contributed by atoms with Gasteiger partial charge in [0.25, 0.3) is 0 Å². The molecular formula is C14H20N2O3. The lowest BCUT2D eigenvalue weighted by molar-refractivity contribution is -0.129. The number of nitrogens with zero attached hydrogens (tertiary/aromatic N) is 1. The molecule has 5 nitrogen and oxygen atoms in total. The number of ether oxygens (including phenoxy) is 2. The van der Waals surface area contributed by atoms with Crippen LogP contribution in [0.3, 0.4) is 0 Å². The van der Waals surface area contributed by atoms with E-state index < -0.39 is 0 Å². The Morgan fingerprint density at radius 1 is 1.32 bits per heavy atom. The number of carbonyl (C=O) groups is 1. The Morgan fingerprint density at radius 2 is 2.11 bits per heavy atom. The highest BCUT2D eigenvalue weighted by Gasteiger charge is 2.17. The number of hydrogen-bond acceptors (Lipinski definition) is 4. The molecule has 1 N–H and O–H groups in total. The lowest BCUT2D eigenvalue weighted by Crippen LogP contribution is -2.37. The van der Waals surface area contributed by atoms with E-state index in [1.165, 1.54) is 0 Å². The molecule has 1 heterocycles. The van der Waals surface area contributed by atoms with E-state index in [9.17, 15) is 4.79 Å². The molecule has 19 heavy (non-hydrogen) atoms. The van der Waals surface area contributed by atoms with Crippen LogP contribution in [0, 0.1) is 0 Å². The van der Waals surface area contributed by atoms with Crippen molar-refractivity contribution < 1.29 is 14.3 Å². The molecule has 0 fully saturated rings. The van der Waals surface area contributed by atoms with Crippen molar-refractivity contribution in [3.05, 3.63) is 23.8 Å². The first-order chi connectivity index (χ1) is 9.26. The Kier molecular flexibility index (Phi) is 4.63. The molecule has 1 aromatic rings. The minimum atomic E-state index is 0.120. The number of fused-ring (bicyclic) bond motifs is 1. The van der Waals surface area contributed by atoms with E-state index in [0.717, 1.165) is 30.2 Å². The number of benzene rings is 1. The Hall–Kier alpha value is -1.75. The molecule has 2 rings (SSSR count). The first-order valence-corrected chi connectivity index (χ1v) is 6.62. The summed E-state index contributed by atoms with van der Waals surface area (Å²) in [5, 5.41) is 3.15. The van der Waals surface area contributed by atoms with E-state index >= 15 is 0 Å². The van der Waals surface area contributed by atoms with Crippen molar-refractivity contribution in [1.29, 1.82) is 0 Å². The molecule has 0 spiro atoms. The van der Waals surface area contributed by atoms with Gasteiger partial charge in [0, 0.05) is 25.2 Å². The summed E-state index contributed by atoms with van der Waals surface area (Å²) in [5.74, 6) is 1.68. The van der Waals surface area contributed by atoms with Gasteiger partial charge in [0.15, 0.2) is 11.5 Å². The standard InChI is InChI=1S/C14H20N2O3/c1-3-16(4-2)13(17)9-15-8-11-6-5-7-12-14(11)19-10-18-12/h5-7,15H,3-4,8-10H2,1-2H3. The highest BCUT2D eigenvalue weighted by molar-refractivity contribution is 5.78. The van der Waals surface area contributed by atoms with E-state index in [-0.39, 0.29) is 12.7 Å². The maximum Gasteiger partial charge on any atom is 0.236 e. The van der Waals surface area contributed by atoms with Crippen molar-refractivity contribution in [3.8, 4) is 11.5 Å². The Morgan fingerprint density at radius 3 is 2.84 bits per heavy atom. The van der Waals surface area contributed by atoms with Crippen LogP contribution in [0.4, 0.5) is 0 Å². The van der Waals surface area contributed by atoms with E-state index in [0.29, 0.717) is 13.1 Å². The van der Waals surface area contributed by atoms with E-state index in [1.54, 1.807) is 0 Å². The first kappa shape index (κ1) is 13.7. The molecule has 0 saturated carbocycles. The first-order valence-electron chi connectivity index (χ1n) is 6.62. The molecule has 0 unspecified atom stereocenters. The number of amides is 1. The molecule has 0 atom stereocenters. The molecule has 0 aliphatic carbocycles. The van der Waals surface area contributed by atoms with Gasteiger partial charge in [-0.1, -0.05) is 12.1 Å². The van der Waals surface area contributed by atoms with Crippen molar-refractivity contribution in [1.82, 2.24) is 10.2 Å². The van der Waals surface area contributed by atoms with Crippen molar-refractivity contribution >= 4 is 5.91 Å². The van der Waals surface area contributed by atoms with Gasteiger partial charge < -0.3 is 19.7 Å². The molecule has 1 amide bonds. The van der Waals surface area contributed by atoms with Crippen molar-refractivity contribution in [2.45, 2.75) is 20.4 Å². The molecular weight excluding hydrogens is 244 g/mol. The van der Waals surface area contributed by atoms with Crippen LogP contribution in [0.2, 0.25) is 0 Å². The molecule has 1 aliphatic heterocycles. The van der Waals surface area contributed by atoms with Gasteiger partial charge in [-0.15, -0.1) is 0 Å². The summed E-state index contributed by atoms with van der Waals surface area (Å²) >= 11 is 0. The molecule has 0 bridgehead atoms. The molecule has 0 aromatic heterocycles. The highest BCUT2D eigenvalue weighted by Crippen LogP contribution is 2.35. The number of carbonyl (C=O) groups excluding carboxylic acids is 1. The van der Waals surface area contributed by atoms with Gasteiger partial charge in [-0.3, -0.25) is 4.79 Å². The second-order valence-electron chi connectivity index (χ2n) is 4.32. The van der Waals surface area contributed by atoms with Crippen molar-refractivity contribution in [2.75, 3.05) is 26.4 Å². The monoisotopic (exact) mass is 264 g/mol. The van der Waals surface area contributed by atoms with Crippen LogP contribution >= 0.6 is 0 Å². The van der Waals surface area contributed by atoms with Gasteiger partial charge in [-0.2, -0.15) is 0 Å². The third-order valence-electron chi connectivity index (χ3n) is 3.19. The SMILES string of the molecule is CCN(CC)C(=O)CNCc1cccc2c1OCO2. The fourth-order valence-corrected chi connectivity index (χ4v) is 2.12. The highest BCUT2D eigenvalue weighted by atomic mass is 16.7. The summed E-state index contributed by atoms with van der Waals surface area (Å²) in [5.41, 5.74) is 1.02. The Balaban J connectivity index is 1.87. The van der Waals surface area contributed by atoms with Gasteiger partial charge in [0.1, 0.15) is 0 Å². The van der Waals surface area contributed by atoms with Crippen LogP contribution in [0.5, 0.6) is 11.5 Å². The minimum absolute atomic E-state index is 0.120. The van der Waals surface area contributed by atoms with Gasteiger partial charge in [-0.25, -0.2) is 0 Å². The van der Waals surface area contributed by atoms with Crippen LogP contribution in [0.25, 0.3) is 0 Å². The average Bonchev–Trinajstić information content (AvgIpc) is 2.89. The van der Waals surface area contributed by atoms with Gasteiger partial charge in [0.2, 0.25) is 12.7 Å². The second-order valence-corrected chi connectivity index (χ2v) is 4.32. The maximum absolute atomic E-state index is 11.8. The van der Waals surface area contributed by atoms with Gasteiger partial charge in [0.05, 0.1) is 6.54 Å². The molecule has 1 aromatic carbocycles.